The zero-order valence-corrected chi connectivity index (χ0v) is 10.8. The van der Waals surface area contributed by atoms with E-state index in [0.717, 1.165) is 0 Å². The minimum atomic E-state index is 0.224. The summed E-state index contributed by atoms with van der Waals surface area (Å²) in [5.41, 5.74) is 5.57. The fourth-order valence-corrected chi connectivity index (χ4v) is 1.50. The predicted molar refractivity (Wildman–Crippen MR) is 70.3 cm³/mol. The quantitative estimate of drug-likeness (QED) is 0.881. The van der Waals surface area contributed by atoms with Gasteiger partial charge in [-0.3, -0.25) is 0 Å². The minimum absolute atomic E-state index is 0.224. The molecule has 2 aromatic rings. The normalized spacial score (nSPS) is 10.0. The smallest absolute Gasteiger partial charge is 0.168 e. The Morgan fingerprint density at radius 1 is 1.05 bits per heavy atom. The highest BCUT2D eigenvalue weighted by Gasteiger charge is 2.04. The van der Waals surface area contributed by atoms with Crippen LogP contribution in [-0.2, 0) is 6.61 Å². The summed E-state index contributed by atoms with van der Waals surface area (Å²) in [6, 6.07) is 6.91. The van der Waals surface area contributed by atoms with E-state index >= 15 is 0 Å². The van der Waals surface area contributed by atoms with Crippen molar-refractivity contribution in [3.05, 3.63) is 36.3 Å². The van der Waals surface area contributed by atoms with Crippen LogP contribution >= 0.6 is 0 Å². The Bertz CT molecular complexity index is 538. The third-order valence-electron chi connectivity index (χ3n) is 2.42. The summed E-state index contributed by atoms with van der Waals surface area (Å²) < 4.78 is 15.9. The lowest BCUT2D eigenvalue weighted by Crippen LogP contribution is -2.03. The molecule has 1 aromatic carbocycles. The van der Waals surface area contributed by atoms with Crippen LogP contribution in [0.1, 0.15) is 5.82 Å². The molecule has 0 radical (unpaired) electrons. The molecule has 100 valence electrons. The first kappa shape index (κ1) is 12.9. The van der Waals surface area contributed by atoms with Crippen LogP contribution in [0, 0.1) is 0 Å². The van der Waals surface area contributed by atoms with Gasteiger partial charge >= 0.3 is 0 Å². The first-order valence-corrected chi connectivity index (χ1v) is 5.64. The zero-order valence-electron chi connectivity index (χ0n) is 10.8. The maximum absolute atomic E-state index is 5.59. The molecule has 2 N–H and O–H groups in total. The summed E-state index contributed by atoms with van der Waals surface area (Å²) in [6.07, 6.45) is 1.59. The lowest BCUT2D eigenvalue weighted by molar-refractivity contribution is 0.291. The molecule has 0 amide bonds. The lowest BCUT2D eigenvalue weighted by Gasteiger charge is -2.09. The summed E-state index contributed by atoms with van der Waals surface area (Å²) in [5, 5.41) is 0. The van der Waals surface area contributed by atoms with Gasteiger partial charge in [-0.15, -0.1) is 0 Å². The second-order valence-electron chi connectivity index (χ2n) is 3.73. The summed E-state index contributed by atoms with van der Waals surface area (Å²) in [7, 11) is 3.17. The van der Waals surface area contributed by atoms with Crippen LogP contribution in [0.25, 0.3) is 0 Å². The van der Waals surface area contributed by atoms with Crippen LogP contribution in [0.15, 0.2) is 30.5 Å². The highest BCUT2D eigenvalue weighted by molar-refractivity contribution is 5.42. The van der Waals surface area contributed by atoms with Crippen molar-refractivity contribution in [1.29, 1.82) is 0 Å². The monoisotopic (exact) mass is 261 g/mol. The molecule has 6 heteroatoms. The van der Waals surface area contributed by atoms with Gasteiger partial charge in [0.25, 0.3) is 0 Å². The van der Waals surface area contributed by atoms with Gasteiger partial charge in [0.1, 0.15) is 29.7 Å². The van der Waals surface area contributed by atoms with Crippen molar-refractivity contribution < 1.29 is 14.2 Å². The molecule has 0 aliphatic heterocycles. The molecule has 0 aliphatic carbocycles. The van der Waals surface area contributed by atoms with Crippen molar-refractivity contribution in [3.63, 3.8) is 0 Å². The van der Waals surface area contributed by atoms with Gasteiger partial charge < -0.3 is 19.9 Å². The summed E-state index contributed by atoms with van der Waals surface area (Å²) >= 11 is 0. The van der Waals surface area contributed by atoms with E-state index in [-0.39, 0.29) is 6.61 Å². The van der Waals surface area contributed by atoms with Gasteiger partial charge in [-0.2, -0.15) is 0 Å². The molecule has 19 heavy (non-hydrogen) atoms. The predicted octanol–water partition coefficient (Wildman–Crippen LogP) is 1.66. The maximum Gasteiger partial charge on any atom is 0.168 e. The first-order chi connectivity index (χ1) is 9.21. The Labute approximate surface area is 111 Å². The average molecular weight is 261 g/mol. The van der Waals surface area contributed by atoms with E-state index in [1.807, 2.05) is 0 Å². The molecule has 2 rings (SSSR count). The molecule has 0 saturated carbocycles. The van der Waals surface area contributed by atoms with Gasteiger partial charge in [-0.05, 0) is 6.07 Å². The molecule has 1 heterocycles. The van der Waals surface area contributed by atoms with E-state index < -0.39 is 0 Å². The van der Waals surface area contributed by atoms with E-state index in [1.54, 1.807) is 44.7 Å². The molecule has 0 bridgehead atoms. The van der Waals surface area contributed by atoms with Gasteiger partial charge in [0, 0.05) is 24.4 Å². The average Bonchev–Trinajstić information content (AvgIpc) is 2.44. The van der Waals surface area contributed by atoms with Crippen molar-refractivity contribution in [2.24, 2.45) is 0 Å². The first-order valence-electron chi connectivity index (χ1n) is 5.64. The number of rotatable bonds is 5. The van der Waals surface area contributed by atoms with Gasteiger partial charge in [-0.1, -0.05) is 0 Å². The largest absolute Gasteiger partial charge is 0.496 e. The standard InChI is InChI=1S/C13H15N3O3/c1-17-9-5-10(18-2)7-11(6-9)19-8-13-15-4-3-12(14)16-13/h3-7H,8H2,1-2H3,(H2,14,15,16). The number of ether oxygens (including phenoxy) is 3. The van der Waals surface area contributed by atoms with Crippen LogP contribution in [0.5, 0.6) is 17.2 Å². The highest BCUT2D eigenvalue weighted by Crippen LogP contribution is 2.27. The van der Waals surface area contributed by atoms with Gasteiger partial charge in [0.15, 0.2) is 5.82 Å². The van der Waals surface area contributed by atoms with E-state index in [0.29, 0.717) is 28.9 Å². The number of hydrogen-bond acceptors (Lipinski definition) is 6. The van der Waals surface area contributed by atoms with Gasteiger partial charge in [0.2, 0.25) is 0 Å². The van der Waals surface area contributed by atoms with Gasteiger partial charge in [-0.25, -0.2) is 9.97 Å². The fourth-order valence-electron chi connectivity index (χ4n) is 1.50. The third-order valence-corrected chi connectivity index (χ3v) is 2.42. The number of anilines is 1. The Morgan fingerprint density at radius 3 is 2.26 bits per heavy atom. The second kappa shape index (κ2) is 5.90. The van der Waals surface area contributed by atoms with Crippen LogP contribution in [-0.4, -0.2) is 24.2 Å². The molecule has 1 aromatic heterocycles. The SMILES string of the molecule is COc1cc(OC)cc(OCc2nccc(N)n2)c1. The van der Waals surface area contributed by atoms with E-state index in [2.05, 4.69) is 9.97 Å². The van der Waals surface area contributed by atoms with Crippen LogP contribution in [0.3, 0.4) is 0 Å². The molecule has 0 unspecified atom stereocenters. The Hall–Kier alpha value is -2.50. The van der Waals surface area contributed by atoms with Crippen LogP contribution in [0.4, 0.5) is 5.82 Å². The number of benzene rings is 1. The molecule has 0 aliphatic rings. The minimum Gasteiger partial charge on any atom is -0.496 e. The molecular formula is C13H15N3O3. The number of nitrogen functional groups attached to an aromatic ring is 1. The van der Waals surface area contributed by atoms with Crippen molar-refractivity contribution in [2.45, 2.75) is 6.61 Å². The second-order valence-corrected chi connectivity index (χ2v) is 3.73. The third kappa shape index (κ3) is 3.48. The Morgan fingerprint density at radius 2 is 1.68 bits per heavy atom. The number of hydrogen-bond donors (Lipinski definition) is 1. The zero-order chi connectivity index (χ0) is 13.7. The highest BCUT2D eigenvalue weighted by atomic mass is 16.5. The molecule has 0 fully saturated rings. The van der Waals surface area contributed by atoms with E-state index in [1.165, 1.54) is 0 Å². The fraction of sp³-hybridized carbons (Fsp3) is 0.231. The lowest BCUT2D eigenvalue weighted by atomic mass is 10.3. The Kier molecular flexibility index (Phi) is 4.02. The molecule has 0 atom stereocenters. The number of nitrogens with two attached hydrogens (primary N) is 1. The van der Waals surface area contributed by atoms with Crippen molar-refractivity contribution in [2.75, 3.05) is 20.0 Å². The molecule has 6 nitrogen and oxygen atoms in total. The Balaban J connectivity index is 2.10. The number of aromatic nitrogens is 2. The van der Waals surface area contributed by atoms with Crippen LogP contribution in [0.2, 0.25) is 0 Å². The van der Waals surface area contributed by atoms with E-state index in [9.17, 15) is 0 Å². The van der Waals surface area contributed by atoms with Crippen LogP contribution < -0.4 is 19.9 Å². The maximum atomic E-state index is 5.59. The molecular weight excluding hydrogens is 246 g/mol. The molecule has 0 spiro atoms. The van der Waals surface area contributed by atoms with E-state index in [4.69, 9.17) is 19.9 Å². The van der Waals surface area contributed by atoms with Crippen molar-refractivity contribution >= 4 is 5.82 Å². The van der Waals surface area contributed by atoms with Crippen molar-refractivity contribution in [3.8, 4) is 17.2 Å². The number of methoxy groups -OCH3 is 2. The topological polar surface area (TPSA) is 79.5 Å². The summed E-state index contributed by atoms with van der Waals surface area (Å²) in [4.78, 5) is 8.11. The summed E-state index contributed by atoms with van der Waals surface area (Å²) in [5.74, 6) is 2.85. The van der Waals surface area contributed by atoms with Crippen molar-refractivity contribution in [1.82, 2.24) is 9.97 Å². The van der Waals surface area contributed by atoms with Gasteiger partial charge in [0.05, 0.1) is 14.2 Å². The molecule has 0 saturated heterocycles. The summed E-state index contributed by atoms with van der Waals surface area (Å²) in [6.45, 7) is 0.224. The number of nitrogens with zero attached hydrogens (tertiary/aromatic N) is 2.